The highest BCUT2D eigenvalue weighted by Crippen LogP contribution is 2.16. The van der Waals surface area contributed by atoms with Gasteiger partial charge in [-0.1, -0.05) is 0 Å². The highest BCUT2D eigenvalue weighted by molar-refractivity contribution is 5.77. The van der Waals surface area contributed by atoms with Crippen LogP contribution in [0.3, 0.4) is 0 Å². The molecule has 0 saturated carbocycles. The summed E-state index contributed by atoms with van der Waals surface area (Å²) < 4.78 is 6.49. The maximum Gasteiger partial charge on any atom is 0.419 e. The van der Waals surface area contributed by atoms with Crippen molar-refractivity contribution in [2.24, 2.45) is 7.05 Å². The lowest BCUT2D eigenvalue weighted by molar-refractivity contribution is 0.528. The molecule has 1 aromatic heterocycles. The van der Waals surface area contributed by atoms with E-state index in [1.54, 1.807) is 13.1 Å². The third-order valence-electron chi connectivity index (χ3n) is 2.08. The van der Waals surface area contributed by atoms with E-state index in [0.29, 0.717) is 5.58 Å². The molecule has 0 saturated heterocycles. The molecule has 4 nitrogen and oxygen atoms in total. The Balaban J connectivity index is 2.80. The standard InChI is InChI=1S/C9H10N2O2/c1-10-6-3-4-7-8(5-6)13-9(12)11(7)2/h3-5,10H,1-2H3. The number of aromatic nitrogens is 1. The van der Waals surface area contributed by atoms with Gasteiger partial charge in [0.1, 0.15) is 0 Å². The molecule has 1 aromatic carbocycles. The maximum absolute atomic E-state index is 11.1. The number of rotatable bonds is 1. The van der Waals surface area contributed by atoms with Crippen molar-refractivity contribution in [2.45, 2.75) is 0 Å². The molecule has 0 spiro atoms. The first kappa shape index (κ1) is 7.91. The van der Waals surface area contributed by atoms with Crippen molar-refractivity contribution < 1.29 is 4.42 Å². The smallest absolute Gasteiger partial charge is 0.408 e. The summed E-state index contributed by atoms with van der Waals surface area (Å²) >= 11 is 0. The van der Waals surface area contributed by atoms with E-state index in [9.17, 15) is 4.79 Å². The Hall–Kier alpha value is -1.71. The molecule has 0 atom stereocenters. The summed E-state index contributed by atoms with van der Waals surface area (Å²) in [5.41, 5.74) is 2.35. The second-order valence-corrected chi connectivity index (χ2v) is 2.86. The number of nitrogens with zero attached hydrogens (tertiary/aromatic N) is 1. The summed E-state index contributed by atoms with van der Waals surface area (Å²) in [6.07, 6.45) is 0. The summed E-state index contributed by atoms with van der Waals surface area (Å²) in [6.45, 7) is 0. The van der Waals surface area contributed by atoms with Gasteiger partial charge in [0.25, 0.3) is 0 Å². The average Bonchev–Trinajstić information content (AvgIpc) is 2.42. The van der Waals surface area contributed by atoms with Gasteiger partial charge in [-0.05, 0) is 12.1 Å². The van der Waals surface area contributed by atoms with Crippen molar-refractivity contribution in [3.63, 3.8) is 0 Å². The molecule has 0 aliphatic rings. The number of fused-ring (bicyclic) bond motifs is 1. The zero-order chi connectivity index (χ0) is 9.42. The molecule has 2 aromatic rings. The molecule has 4 heteroatoms. The molecule has 1 N–H and O–H groups in total. The minimum Gasteiger partial charge on any atom is -0.408 e. The molecular weight excluding hydrogens is 168 g/mol. The Kier molecular flexibility index (Phi) is 1.62. The Morgan fingerprint density at radius 1 is 1.46 bits per heavy atom. The molecular formula is C9H10N2O2. The second kappa shape index (κ2) is 2.65. The molecule has 0 aliphatic heterocycles. The van der Waals surface area contributed by atoms with Crippen LogP contribution in [0.15, 0.2) is 27.4 Å². The minimum atomic E-state index is -0.330. The second-order valence-electron chi connectivity index (χ2n) is 2.86. The van der Waals surface area contributed by atoms with Crippen LogP contribution in [0.25, 0.3) is 11.1 Å². The topological polar surface area (TPSA) is 47.2 Å². The van der Waals surface area contributed by atoms with E-state index in [-0.39, 0.29) is 5.76 Å². The van der Waals surface area contributed by atoms with Gasteiger partial charge in [-0.2, -0.15) is 0 Å². The molecule has 1 heterocycles. The fraction of sp³-hybridized carbons (Fsp3) is 0.222. The van der Waals surface area contributed by atoms with E-state index in [1.807, 2.05) is 19.2 Å². The normalized spacial score (nSPS) is 10.6. The molecule has 68 valence electrons. The maximum atomic E-state index is 11.1. The summed E-state index contributed by atoms with van der Waals surface area (Å²) in [6, 6.07) is 5.56. The highest BCUT2D eigenvalue weighted by atomic mass is 16.4. The van der Waals surface area contributed by atoms with Crippen LogP contribution in [0.1, 0.15) is 0 Å². The lowest BCUT2D eigenvalue weighted by atomic mass is 10.3. The zero-order valence-corrected chi connectivity index (χ0v) is 7.50. The van der Waals surface area contributed by atoms with Gasteiger partial charge in [-0.15, -0.1) is 0 Å². The number of aryl methyl sites for hydroxylation is 1. The Labute approximate surface area is 74.8 Å². The van der Waals surface area contributed by atoms with Crippen LogP contribution < -0.4 is 11.1 Å². The van der Waals surface area contributed by atoms with Crippen molar-refractivity contribution in [3.05, 3.63) is 28.7 Å². The molecule has 0 bridgehead atoms. The largest absolute Gasteiger partial charge is 0.419 e. The van der Waals surface area contributed by atoms with Crippen LogP contribution in [-0.2, 0) is 7.05 Å². The van der Waals surface area contributed by atoms with E-state index >= 15 is 0 Å². The van der Waals surface area contributed by atoms with Gasteiger partial charge in [0.2, 0.25) is 0 Å². The first-order valence-electron chi connectivity index (χ1n) is 3.99. The predicted octanol–water partition coefficient (Wildman–Crippen LogP) is 1.17. The number of anilines is 1. The predicted molar refractivity (Wildman–Crippen MR) is 51.0 cm³/mol. The van der Waals surface area contributed by atoms with E-state index < -0.39 is 0 Å². The Morgan fingerprint density at radius 3 is 2.92 bits per heavy atom. The summed E-state index contributed by atoms with van der Waals surface area (Å²) in [4.78, 5) is 11.1. The monoisotopic (exact) mass is 178 g/mol. The van der Waals surface area contributed by atoms with E-state index in [4.69, 9.17) is 4.42 Å². The van der Waals surface area contributed by atoms with Crippen molar-refractivity contribution in [2.75, 3.05) is 12.4 Å². The van der Waals surface area contributed by atoms with Crippen LogP contribution in [0, 0.1) is 0 Å². The fourth-order valence-electron chi connectivity index (χ4n) is 1.29. The summed E-state index contributed by atoms with van der Waals surface area (Å²) in [7, 11) is 3.51. The molecule has 13 heavy (non-hydrogen) atoms. The van der Waals surface area contributed by atoms with Gasteiger partial charge in [0.15, 0.2) is 5.58 Å². The van der Waals surface area contributed by atoms with Crippen LogP contribution in [0.4, 0.5) is 5.69 Å². The highest BCUT2D eigenvalue weighted by Gasteiger charge is 2.04. The number of hydrogen-bond donors (Lipinski definition) is 1. The van der Waals surface area contributed by atoms with Crippen LogP contribution >= 0.6 is 0 Å². The quantitative estimate of drug-likeness (QED) is 0.713. The van der Waals surface area contributed by atoms with Crippen LogP contribution in [0.5, 0.6) is 0 Å². The van der Waals surface area contributed by atoms with Gasteiger partial charge < -0.3 is 9.73 Å². The lowest BCUT2D eigenvalue weighted by Crippen LogP contribution is -2.08. The Bertz CT molecular complexity index is 496. The van der Waals surface area contributed by atoms with Crippen LogP contribution in [0.2, 0.25) is 0 Å². The fourth-order valence-corrected chi connectivity index (χ4v) is 1.29. The van der Waals surface area contributed by atoms with Gasteiger partial charge in [-0.25, -0.2) is 4.79 Å². The summed E-state index contributed by atoms with van der Waals surface area (Å²) in [5, 5.41) is 2.98. The third-order valence-corrected chi connectivity index (χ3v) is 2.08. The van der Waals surface area contributed by atoms with Gasteiger partial charge in [0.05, 0.1) is 5.52 Å². The van der Waals surface area contributed by atoms with Gasteiger partial charge >= 0.3 is 5.76 Å². The first-order valence-corrected chi connectivity index (χ1v) is 3.99. The van der Waals surface area contributed by atoms with Crippen LogP contribution in [-0.4, -0.2) is 11.6 Å². The van der Waals surface area contributed by atoms with E-state index in [1.165, 1.54) is 4.57 Å². The summed E-state index contributed by atoms with van der Waals surface area (Å²) in [5.74, 6) is -0.330. The third kappa shape index (κ3) is 1.11. The van der Waals surface area contributed by atoms with Crippen molar-refractivity contribution in [1.29, 1.82) is 0 Å². The molecule has 0 unspecified atom stereocenters. The average molecular weight is 178 g/mol. The van der Waals surface area contributed by atoms with Crippen molar-refractivity contribution in [3.8, 4) is 0 Å². The molecule has 0 amide bonds. The number of hydrogen-bond acceptors (Lipinski definition) is 3. The molecule has 0 radical (unpaired) electrons. The number of benzene rings is 1. The zero-order valence-electron chi connectivity index (χ0n) is 7.50. The van der Waals surface area contributed by atoms with E-state index in [2.05, 4.69) is 5.32 Å². The van der Waals surface area contributed by atoms with Gasteiger partial charge in [-0.3, -0.25) is 4.57 Å². The first-order chi connectivity index (χ1) is 6.22. The van der Waals surface area contributed by atoms with Crippen molar-refractivity contribution in [1.82, 2.24) is 4.57 Å². The number of oxazole rings is 1. The van der Waals surface area contributed by atoms with Crippen molar-refractivity contribution >= 4 is 16.8 Å². The Morgan fingerprint density at radius 2 is 2.23 bits per heavy atom. The molecule has 0 aliphatic carbocycles. The molecule has 2 rings (SSSR count). The lowest BCUT2D eigenvalue weighted by Gasteiger charge is -1.97. The van der Waals surface area contributed by atoms with Gasteiger partial charge in [0, 0.05) is 25.8 Å². The van der Waals surface area contributed by atoms with E-state index in [0.717, 1.165) is 11.2 Å². The minimum absolute atomic E-state index is 0.330. The molecule has 0 fully saturated rings. The SMILES string of the molecule is CNc1ccc2c(c1)oc(=O)n2C. The number of nitrogens with one attached hydrogen (secondary N) is 1.